The molecule has 2 aromatic heterocycles. The van der Waals surface area contributed by atoms with Crippen LogP contribution in [0.3, 0.4) is 0 Å². The van der Waals surface area contributed by atoms with Gasteiger partial charge in [0.2, 0.25) is 0 Å². The fourth-order valence-corrected chi connectivity index (χ4v) is 2.45. The Hall–Kier alpha value is -1.66. The Bertz CT molecular complexity index is 662. The molecule has 2 heterocycles. The van der Waals surface area contributed by atoms with E-state index in [1.807, 2.05) is 12.1 Å². The van der Waals surface area contributed by atoms with Crippen LogP contribution in [-0.4, -0.2) is 15.3 Å². The summed E-state index contributed by atoms with van der Waals surface area (Å²) < 4.78 is 5.55. The third-order valence-corrected chi connectivity index (χ3v) is 3.34. The topological polar surface area (TPSA) is 77.8 Å². The second kappa shape index (κ2) is 3.43. The molecule has 0 unspecified atom stereocenters. The lowest BCUT2D eigenvalue weighted by Crippen LogP contribution is -1.87. The number of halogens is 1. The maximum Gasteiger partial charge on any atom is 0.198 e. The monoisotopic (exact) mass is 252 g/mol. The number of hydrogen-bond donors (Lipinski definition) is 1. The normalized spacial score (nSPS) is 11.1. The number of nitrogens with two attached hydrogens (primary N) is 1. The van der Waals surface area contributed by atoms with Gasteiger partial charge in [-0.1, -0.05) is 11.6 Å². The van der Waals surface area contributed by atoms with Crippen molar-refractivity contribution in [2.45, 2.75) is 0 Å². The SMILES string of the molecule is Nc1nonc1-c1nc2cc(Cl)ccc2s1. The first kappa shape index (κ1) is 9.56. The molecule has 16 heavy (non-hydrogen) atoms. The number of fused-ring (bicyclic) bond motifs is 1. The highest BCUT2D eigenvalue weighted by Crippen LogP contribution is 2.32. The molecule has 0 saturated heterocycles. The van der Waals surface area contributed by atoms with Gasteiger partial charge in [-0.2, -0.15) is 0 Å². The van der Waals surface area contributed by atoms with Gasteiger partial charge in [-0.3, -0.25) is 0 Å². The summed E-state index contributed by atoms with van der Waals surface area (Å²) in [5, 5.41) is 8.55. The molecule has 0 spiro atoms. The summed E-state index contributed by atoms with van der Waals surface area (Å²) in [6, 6.07) is 5.51. The van der Waals surface area contributed by atoms with Crippen molar-refractivity contribution in [1.82, 2.24) is 15.3 Å². The molecule has 0 saturated carbocycles. The predicted molar refractivity (Wildman–Crippen MR) is 62.3 cm³/mol. The van der Waals surface area contributed by atoms with Gasteiger partial charge in [-0.05, 0) is 28.5 Å². The van der Waals surface area contributed by atoms with E-state index in [0.29, 0.717) is 15.7 Å². The summed E-state index contributed by atoms with van der Waals surface area (Å²) in [6.07, 6.45) is 0. The van der Waals surface area contributed by atoms with Crippen molar-refractivity contribution in [1.29, 1.82) is 0 Å². The molecule has 0 radical (unpaired) electrons. The van der Waals surface area contributed by atoms with E-state index in [1.54, 1.807) is 6.07 Å². The lowest BCUT2D eigenvalue weighted by molar-refractivity contribution is 0.310. The molecule has 0 fully saturated rings. The molecule has 0 aliphatic carbocycles. The number of anilines is 1. The summed E-state index contributed by atoms with van der Waals surface area (Å²) in [6.45, 7) is 0. The van der Waals surface area contributed by atoms with Gasteiger partial charge >= 0.3 is 0 Å². The van der Waals surface area contributed by atoms with Crippen LogP contribution in [0.15, 0.2) is 22.8 Å². The molecule has 0 bridgehead atoms. The fraction of sp³-hybridized carbons (Fsp3) is 0. The number of aromatic nitrogens is 3. The molecule has 7 heteroatoms. The zero-order chi connectivity index (χ0) is 11.1. The summed E-state index contributed by atoms with van der Waals surface area (Å²) in [5.74, 6) is 0.241. The average Bonchev–Trinajstić information content (AvgIpc) is 2.82. The first-order valence-corrected chi connectivity index (χ1v) is 5.58. The van der Waals surface area contributed by atoms with Crippen molar-refractivity contribution < 1.29 is 4.63 Å². The Balaban J connectivity index is 2.23. The molecule has 3 rings (SSSR count). The zero-order valence-corrected chi connectivity index (χ0v) is 9.42. The number of thiazole rings is 1. The molecule has 2 N–H and O–H groups in total. The Labute approximate surface area is 98.8 Å². The number of nitrogen functional groups attached to an aromatic ring is 1. The predicted octanol–water partition coefficient (Wildman–Crippen LogP) is 2.58. The third kappa shape index (κ3) is 1.43. The van der Waals surface area contributed by atoms with Crippen LogP contribution in [0.25, 0.3) is 20.9 Å². The highest BCUT2D eigenvalue weighted by atomic mass is 35.5. The van der Waals surface area contributed by atoms with Crippen molar-refractivity contribution >= 4 is 39.0 Å². The molecule has 0 aliphatic rings. The standard InChI is InChI=1S/C9H5ClN4OS/c10-4-1-2-6-5(3-4)12-9(16-6)7-8(11)14-15-13-7/h1-3H,(H2,11,14). The van der Waals surface area contributed by atoms with Gasteiger partial charge in [-0.15, -0.1) is 11.3 Å². The van der Waals surface area contributed by atoms with Crippen LogP contribution in [0.1, 0.15) is 0 Å². The summed E-state index contributed by atoms with van der Waals surface area (Å²) in [5.41, 5.74) is 6.88. The highest BCUT2D eigenvalue weighted by molar-refractivity contribution is 7.21. The smallest absolute Gasteiger partial charge is 0.198 e. The third-order valence-electron chi connectivity index (χ3n) is 2.07. The molecular formula is C9H5ClN4OS. The van der Waals surface area contributed by atoms with E-state index < -0.39 is 0 Å². The zero-order valence-electron chi connectivity index (χ0n) is 7.85. The van der Waals surface area contributed by atoms with Crippen LogP contribution in [0.2, 0.25) is 5.02 Å². The van der Waals surface area contributed by atoms with Crippen molar-refractivity contribution in [3.8, 4) is 10.7 Å². The lowest BCUT2D eigenvalue weighted by Gasteiger charge is -1.86. The Kier molecular flexibility index (Phi) is 2.05. The summed E-state index contributed by atoms with van der Waals surface area (Å²) >= 11 is 7.34. The molecule has 3 aromatic rings. The van der Waals surface area contributed by atoms with E-state index >= 15 is 0 Å². The van der Waals surface area contributed by atoms with E-state index in [0.717, 1.165) is 10.2 Å². The van der Waals surface area contributed by atoms with Crippen molar-refractivity contribution in [3.63, 3.8) is 0 Å². The molecule has 0 aliphatic heterocycles. The number of nitrogens with zero attached hydrogens (tertiary/aromatic N) is 3. The van der Waals surface area contributed by atoms with Gasteiger partial charge in [0.05, 0.1) is 10.2 Å². The van der Waals surface area contributed by atoms with Crippen molar-refractivity contribution in [3.05, 3.63) is 23.2 Å². The minimum absolute atomic E-state index is 0.241. The Morgan fingerprint density at radius 3 is 2.94 bits per heavy atom. The van der Waals surface area contributed by atoms with Gasteiger partial charge in [0.15, 0.2) is 16.5 Å². The molecule has 5 nitrogen and oxygen atoms in total. The molecule has 0 atom stereocenters. The van der Waals surface area contributed by atoms with Crippen molar-refractivity contribution in [2.24, 2.45) is 0 Å². The number of rotatable bonds is 1. The van der Waals surface area contributed by atoms with Crippen LogP contribution in [0.4, 0.5) is 5.82 Å². The maximum absolute atomic E-state index is 5.88. The quantitative estimate of drug-likeness (QED) is 0.720. The second-order valence-corrected chi connectivity index (χ2v) is 4.60. The van der Waals surface area contributed by atoms with E-state index in [2.05, 4.69) is 19.9 Å². The molecule has 80 valence electrons. The molecule has 1 aromatic carbocycles. The van der Waals surface area contributed by atoms with Gasteiger partial charge in [0, 0.05) is 5.02 Å². The van der Waals surface area contributed by atoms with E-state index in [4.69, 9.17) is 17.3 Å². The number of benzene rings is 1. The van der Waals surface area contributed by atoms with Crippen molar-refractivity contribution in [2.75, 3.05) is 5.73 Å². The minimum atomic E-state index is 0.241. The summed E-state index contributed by atoms with van der Waals surface area (Å²) in [4.78, 5) is 4.37. The van der Waals surface area contributed by atoms with Gasteiger partial charge in [-0.25, -0.2) is 9.61 Å². The maximum atomic E-state index is 5.88. The molecule has 0 amide bonds. The first-order chi connectivity index (χ1) is 7.74. The van der Waals surface area contributed by atoms with Gasteiger partial charge < -0.3 is 5.73 Å². The number of hydrogen-bond acceptors (Lipinski definition) is 6. The van der Waals surface area contributed by atoms with Crippen LogP contribution in [-0.2, 0) is 0 Å². The van der Waals surface area contributed by atoms with Crippen LogP contribution >= 0.6 is 22.9 Å². The summed E-state index contributed by atoms with van der Waals surface area (Å²) in [7, 11) is 0. The Morgan fingerprint density at radius 2 is 2.19 bits per heavy atom. The van der Waals surface area contributed by atoms with Crippen LogP contribution in [0, 0.1) is 0 Å². The second-order valence-electron chi connectivity index (χ2n) is 3.13. The largest absolute Gasteiger partial charge is 0.379 e. The van der Waals surface area contributed by atoms with E-state index in [1.165, 1.54) is 11.3 Å². The Morgan fingerprint density at radius 1 is 1.31 bits per heavy atom. The average molecular weight is 253 g/mol. The van der Waals surface area contributed by atoms with Gasteiger partial charge in [0.25, 0.3) is 0 Å². The lowest BCUT2D eigenvalue weighted by atomic mass is 10.3. The van der Waals surface area contributed by atoms with E-state index in [9.17, 15) is 0 Å². The fourth-order valence-electron chi connectivity index (χ4n) is 1.35. The molecular weight excluding hydrogens is 248 g/mol. The van der Waals surface area contributed by atoms with Crippen LogP contribution in [0.5, 0.6) is 0 Å². The van der Waals surface area contributed by atoms with Gasteiger partial charge in [0.1, 0.15) is 0 Å². The van der Waals surface area contributed by atoms with Crippen LogP contribution < -0.4 is 5.73 Å². The highest BCUT2D eigenvalue weighted by Gasteiger charge is 2.14. The van der Waals surface area contributed by atoms with E-state index in [-0.39, 0.29) is 5.82 Å². The minimum Gasteiger partial charge on any atom is -0.379 e. The first-order valence-electron chi connectivity index (χ1n) is 4.38.